The fraction of sp³-hybridized carbons (Fsp3) is 0. The Morgan fingerprint density at radius 3 is 2.07 bits per heavy atom. The summed E-state index contributed by atoms with van der Waals surface area (Å²) in [5, 5.41) is 8.28. The fourth-order valence-corrected chi connectivity index (χ4v) is 7.94. The second-order valence-corrected chi connectivity index (χ2v) is 12.0. The Morgan fingerprint density at radius 2 is 1.19 bits per heavy atom. The third-order valence-electron chi connectivity index (χ3n) is 8.61. The number of hydrogen-bond acceptors (Lipinski definition) is 4. The molecule has 0 aliphatic heterocycles. The third kappa shape index (κ3) is 3.14. The van der Waals surface area contributed by atoms with E-state index in [1.807, 2.05) is 29.5 Å². The lowest BCUT2D eigenvalue weighted by Crippen LogP contribution is -2.03. The van der Waals surface area contributed by atoms with Crippen molar-refractivity contribution in [3.63, 3.8) is 0 Å². The summed E-state index contributed by atoms with van der Waals surface area (Å²) in [4.78, 5) is 10.4. The van der Waals surface area contributed by atoms with Gasteiger partial charge in [-0.2, -0.15) is 0 Å². The summed E-state index contributed by atoms with van der Waals surface area (Å²) in [7, 11) is 0. The first kappa shape index (κ1) is 23.1. The van der Waals surface area contributed by atoms with Crippen LogP contribution in [0.5, 0.6) is 0 Å². The Hall–Kier alpha value is -5.52. The highest BCUT2D eigenvalue weighted by Crippen LogP contribution is 2.47. The van der Waals surface area contributed by atoms with Crippen molar-refractivity contribution in [1.82, 2.24) is 14.5 Å². The molecule has 6 aromatic carbocycles. The summed E-state index contributed by atoms with van der Waals surface area (Å²) in [5.74, 6) is 0.668. The number of para-hydroxylation sites is 3. The number of furan rings is 1. The molecular formula is C38H21N3OS. The van der Waals surface area contributed by atoms with Gasteiger partial charge < -0.3 is 4.42 Å². The summed E-state index contributed by atoms with van der Waals surface area (Å²) in [6, 6.07) is 44.5. The molecule has 0 aliphatic carbocycles. The highest BCUT2D eigenvalue weighted by molar-refractivity contribution is 7.26. The average molecular weight is 568 g/mol. The second-order valence-electron chi connectivity index (χ2n) is 11.0. The van der Waals surface area contributed by atoms with Gasteiger partial charge in [0.05, 0.1) is 22.2 Å². The van der Waals surface area contributed by atoms with Crippen LogP contribution in [-0.4, -0.2) is 14.5 Å². The van der Waals surface area contributed by atoms with Crippen LogP contribution in [0.1, 0.15) is 0 Å². The van der Waals surface area contributed by atoms with Crippen LogP contribution in [0.4, 0.5) is 0 Å². The van der Waals surface area contributed by atoms with E-state index in [2.05, 4.69) is 114 Å². The minimum absolute atomic E-state index is 0.668. The lowest BCUT2D eigenvalue weighted by atomic mass is 10.0. The number of thiophene rings is 1. The maximum Gasteiger partial charge on any atom is 0.235 e. The topological polar surface area (TPSA) is 43.9 Å². The Bertz CT molecular complexity index is 2730. The zero-order valence-corrected chi connectivity index (χ0v) is 23.6. The van der Waals surface area contributed by atoms with Gasteiger partial charge in [-0.15, -0.1) is 11.3 Å². The maximum absolute atomic E-state index is 6.33. The Balaban J connectivity index is 1.39. The first-order valence-corrected chi connectivity index (χ1v) is 15.2. The van der Waals surface area contributed by atoms with Crippen molar-refractivity contribution in [3.8, 4) is 17.2 Å². The molecule has 4 nitrogen and oxygen atoms in total. The van der Waals surface area contributed by atoms with Crippen molar-refractivity contribution >= 4 is 86.2 Å². The van der Waals surface area contributed by atoms with Crippen LogP contribution in [0, 0.1) is 0 Å². The van der Waals surface area contributed by atoms with E-state index in [4.69, 9.17) is 14.4 Å². The molecule has 0 spiro atoms. The molecule has 200 valence electrons. The smallest absolute Gasteiger partial charge is 0.235 e. The Kier molecular flexibility index (Phi) is 4.57. The van der Waals surface area contributed by atoms with E-state index in [1.54, 1.807) is 0 Å². The Labute approximate surface area is 249 Å². The number of aromatic nitrogens is 3. The quantitative estimate of drug-likeness (QED) is 0.209. The predicted octanol–water partition coefficient (Wildman–Crippen LogP) is 10.7. The van der Waals surface area contributed by atoms with Gasteiger partial charge >= 0.3 is 0 Å². The van der Waals surface area contributed by atoms with Crippen molar-refractivity contribution in [2.75, 3.05) is 0 Å². The number of benzene rings is 6. The van der Waals surface area contributed by atoms with E-state index >= 15 is 0 Å². The van der Waals surface area contributed by atoms with Gasteiger partial charge in [-0.05, 0) is 42.5 Å². The van der Waals surface area contributed by atoms with Crippen LogP contribution in [-0.2, 0) is 0 Å². The van der Waals surface area contributed by atoms with Crippen LogP contribution in [0.2, 0.25) is 0 Å². The molecule has 10 aromatic rings. The lowest BCUT2D eigenvalue weighted by molar-refractivity contribution is 0.669. The molecule has 0 fully saturated rings. The monoisotopic (exact) mass is 567 g/mol. The molecule has 43 heavy (non-hydrogen) atoms. The molecule has 0 radical (unpaired) electrons. The van der Waals surface area contributed by atoms with Crippen LogP contribution < -0.4 is 0 Å². The van der Waals surface area contributed by atoms with Crippen molar-refractivity contribution in [2.45, 2.75) is 0 Å². The second kappa shape index (κ2) is 8.51. The minimum atomic E-state index is 0.668. The van der Waals surface area contributed by atoms with Gasteiger partial charge in [0, 0.05) is 52.7 Å². The number of fused-ring (bicyclic) bond motifs is 12. The van der Waals surface area contributed by atoms with Gasteiger partial charge in [0.25, 0.3) is 0 Å². The molecule has 0 unspecified atom stereocenters. The highest BCUT2D eigenvalue weighted by atomic mass is 32.1. The molecule has 0 N–H and O–H groups in total. The molecule has 4 aromatic heterocycles. The molecule has 4 heterocycles. The zero-order valence-electron chi connectivity index (χ0n) is 22.8. The van der Waals surface area contributed by atoms with Crippen molar-refractivity contribution in [1.29, 1.82) is 0 Å². The first-order chi connectivity index (χ1) is 21.3. The minimum Gasteiger partial charge on any atom is -0.456 e. The first-order valence-electron chi connectivity index (χ1n) is 14.3. The number of rotatable bonds is 2. The molecule has 0 aliphatic rings. The molecule has 0 saturated heterocycles. The fourth-order valence-electron chi connectivity index (χ4n) is 6.82. The van der Waals surface area contributed by atoms with E-state index in [9.17, 15) is 0 Å². The van der Waals surface area contributed by atoms with Crippen LogP contribution in [0.25, 0.3) is 92.0 Å². The SMILES string of the molecule is c1ccc(-c2nc(-n3c4ccccc4c4c5c(ccc43)sc3ccc4oc6ccccc6c4c35)nc3ccccc23)cc1. The molecule has 0 amide bonds. The molecule has 5 heteroatoms. The van der Waals surface area contributed by atoms with Crippen molar-refractivity contribution < 1.29 is 4.42 Å². The average Bonchev–Trinajstić information content (AvgIpc) is 3.73. The van der Waals surface area contributed by atoms with E-state index in [0.29, 0.717) is 5.95 Å². The van der Waals surface area contributed by atoms with Gasteiger partial charge in [0.1, 0.15) is 11.2 Å². The number of hydrogen-bond donors (Lipinski definition) is 0. The van der Waals surface area contributed by atoms with Gasteiger partial charge in [-0.3, -0.25) is 4.57 Å². The summed E-state index contributed by atoms with van der Waals surface area (Å²) in [5.41, 5.74) is 6.93. The largest absolute Gasteiger partial charge is 0.456 e. The standard InChI is InChI=1S/C38H21N3OS/c1-2-10-22(11-3-1)37-23-12-4-7-15-26(23)39-38(40-37)41-27-16-8-5-13-24(27)33-28(41)18-20-31-35(33)36-32(43-31)21-19-30-34(36)25-14-6-9-17-29(25)42-30/h1-21H. The summed E-state index contributed by atoms with van der Waals surface area (Å²) in [6.07, 6.45) is 0. The van der Waals surface area contributed by atoms with E-state index in [0.717, 1.165) is 49.7 Å². The highest BCUT2D eigenvalue weighted by Gasteiger charge is 2.22. The molecular weight excluding hydrogens is 547 g/mol. The Morgan fingerprint density at radius 1 is 0.488 bits per heavy atom. The van der Waals surface area contributed by atoms with E-state index in [1.165, 1.54) is 36.3 Å². The zero-order chi connectivity index (χ0) is 28.1. The summed E-state index contributed by atoms with van der Waals surface area (Å²) < 4.78 is 11.1. The van der Waals surface area contributed by atoms with Gasteiger partial charge in [0.15, 0.2) is 0 Å². The molecule has 10 rings (SSSR count). The van der Waals surface area contributed by atoms with Crippen molar-refractivity contribution in [3.05, 3.63) is 127 Å². The van der Waals surface area contributed by atoms with Gasteiger partial charge in [0.2, 0.25) is 5.95 Å². The molecule has 0 bridgehead atoms. The van der Waals surface area contributed by atoms with Gasteiger partial charge in [-0.1, -0.05) is 84.9 Å². The summed E-state index contributed by atoms with van der Waals surface area (Å²) >= 11 is 1.84. The molecule has 0 atom stereocenters. The van der Waals surface area contributed by atoms with Crippen LogP contribution >= 0.6 is 11.3 Å². The molecule has 0 saturated carbocycles. The van der Waals surface area contributed by atoms with Crippen LogP contribution in [0.15, 0.2) is 132 Å². The normalized spacial score (nSPS) is 12.2. The van der Waals surface area contributed by atoms with Crippen molar-refractivity contribution in [2.24, 2.45) is 0 Å². The predicted molar refractivity (Wildman–Crippen MR) is 179 cm³/mol. The van der Waals surface area contributed by atoms with Gasteiger partial charge in [-0.25, -0.2) is 9.97 Å². The lowest BCUT2D eigenvalue weighted by Gasteiger charge is -2.11. The number of nitrogens with zero attached hydrogens (tertiary/aromatic N) is 3. The van der Waals surface area contributed by atoms with E-state index in [-0.39, 0.29) is 0 Å². The maximum atomic E-state index is 6.33. The third-order valence-corrected chi connectivity index (χ3v) is 9.73. The summed E-state index contributed by atoms with van der Waals surface area (Å²) in [6.45, 7) is 0. The van der Waals surface area contributed by atoms with Crippen LogP contribution in [0.3, 0.4) is 0 Å². The van der Waals surface area contributed by atoms with E-state index < -0.39 is 0 Å².